The Bertz CT molecular complexity index is 1040. The van der Waals surface area contributed by atoms with Crippen LogP contribution in [0.15, 0.2) is 55.0 Å². The van der Waals surface area contributed by atoms with Crippen molar-refractivity contribution < 1.29 is 4.79 Å². The van der Waals surface area contributed by atoms with Crippen molar-refractivity contribution in [1.29, 1.82) is 0 Å². The van der Waals surface area contributed by atoms with Gasteiger partial charge in [-0.2, -0.15) is 0 Å². The van der Waals surface area contributed by atoms with Crippen molar-refractivity contribution in [1.82, 2.24) is 19.9 Å². The molecule has 4 rings (SSSR count). The van der Waals surface area contributed by atoms with E-state index < -0.39 is 0 Å². The van der Waals surface area contributed by atoms with Gasteiger partial charge in [-0.1, -0.05) is 36.2 Å². The van der Waals surface area contributed by atoms with Crippen LogP contribution in [-0.2, 0) is 0 Å². The molecule has 3 aromatic rings. The average molecular weight is 436 g/mol. The average Bonchev–Trinajstić information content (AvgIpc) is 2.79. The number of rotatable bonds is 5. The Morgan fingerprint density at radius 2 is 2.00 bits per heavy atom. The van der Waals surface area contributed by atoms with E-state index in [0.717, 1.165) is 36.3 Å². The van der Waals surface area contributed by atoms with Crippen LogP contribution in [0, 0.1) is 12.8 Å². The lowest BCUT2D eigenvalue weighted by molar-refractivity contribution is 0.0540. The van der Waals surface area contributed by atoms with Crippen LogP contribution >= 0.6 is 11.6 Å². The van der Waals surface area contributed by atoms with Gasteiger partial charge in [-0.3, -0.25) is 4.79 Å². The quantitative estimate of drug-likeness (QED) is 0.620. The highest BCUT2D eigenvalue weighted by molar-refractivity contribution is 6.30. The molecule has 31 heavy (non-hydrogen) atoms. The number of halogens is 1. The van der Waals surface area contributed by atoms with Gasteiger partial charge in [0, 0.05) is 37.2 Å². The van der Waals surface area contributed by atoms with Gasteiger partial charge in [-0.25, -0.2) is 15.0 Å². The zero-order chi connectivity index (χ0) is 21.8. The summed E-state index contributed by atoms with van der Waals surface area (Å²) in [7, 11) is 0. The molecular weight excluding hydrogens is 410 g/mol. The van der Waals surface area contributed by atoms with E-state index in [9.17, 15) is 4.79 Å². The molecule has 0 saturated carbocycles. The number of carbonyl (C=O) groups is 1. The molecule has 1 aliphatic rings. The minimum atomic E-state index is 0.0218. The topological polar surface area (TPSA) is 71.0 Å². The second-order valence-electron chi connectivity index (χ2n) is 8.05. The number of anilines is 1. The monoisotopic (exact) mass is 435 g/mol. The molecule has 0 bridgehead atoms. The van der Waals surface area contributed by atoms with Gasteiger partial charge >= 0.3 is 0 Å². The number of aryl methyl sites for hydroxylation is 1. The van der Waals surface area contributed by atoms with Gasteiger partial charge in [0.15, 0.2) is 5.82 Å². The molecule has 3 heterocycles. The molecule has 7 heteroatoms. The summed E-state index contributed by atoms with van der Waals surface area (Å²) in [6.07, 6.45) is 7.10. The maximum Gasteiger partial charge on any atom is 0.254 e. The van der Waals surface area contributed by atoms with Crippen molar-refractivity contribution in [2.24, 2.45) is 5.92 Å². The summed E-state index contributed by atoms with van der Waals surface area (Å²) in [6.45, 7) is 5.56. The number of likely N-dealkylation sites (tertiary alicyclic amines) is 1. The normalized spacial score (nSPS) is 18.6. The molecule has 2 atom stereocenters. The highest BCUT2D eigenvalue weighted by atomic mass is 35.5. The molecule has 1 amide bonds. The fourth-order valence-electron chi connectivity index (χ4n) is 4.12. The van der Waals surface area contributed by atoms with Gasteiger partial charge in [0.2, 0.25) is 0 Å². The second kappa shape index (κ2) is 9.43. The Labute approximate surface area is 187 Å². The third-order valence-corrected chi connectivity index (χ3v) is 6.03. The molecule has 0 spiro atoms. The SMILES string of the molecule is Cc1ccc(-c2ncccn2)c(C(=O)N2CCC[C@@H](C)C2CNc2ccc(Cl)cn2)c1. The Hall–Kier alpha value is -2.99. The molecule has 1 N–H and O–H groups in total. The largest absolute Gasteiger partial charge is 0.368 e. The first kappa shape index (κ1) is 21.2. The fourth-order valence-corrected chi connectivity index (χ4v) is 4.24. The summed E-state index contributed by atoms with van der Waals surface area (Å²) >= 11 is 5.94. The first-order valence-corrected chi connectivity index (χ1v) is 10.9. The molecule has 1 fully saturated rings. The third-order valence-electron chi connectivity index (χ3n) is 5.81. The van der Waals surface area contributed by atoms with Gasteiger partial charge in [0.25, 0.3) is 5.91 Å². The van der Waals surface area contributed by atoms with Gasteiger partial charge in [-0.15, -0.1) is 0 Å². The molecule has 0 aliphatic carbocycles. The lowest BCUT2D eigenvalue weighted by Crippen LogP contribution is -2.51. The number of piperidine rings is 1. The first-order valence-electron chi connectivity index (χ1n) is 10.6. The first-order chi connectivity index (χ1) is 15.0. The van der Waals surface area contributed by atoms with Crippen molar-refractivity contribution in [2.45, 2.75) is 32.7 Å². The standard InChI is InChI=1S/C24H26ClN5O/c1-16-6-8-19(23-26-10-4-11-27-23)20(13-16)24(31)30-12-3-5-17(2)21(30)15-29-22-9-7-18(25)14-28-22/h4,6-11,13-14,17,21H,3,5,12,15H2,1-2H3,(H,28,29)/t17-,21?/m1/s1. The number of nitrogens with zero attached hydrogens (tertiary/aromatic N) is 4. The summed E-state index contributed by atoms with van der Waals surface area (Å²) in [6, 6.07) is 11.4. The number of pyridine rings is 1. The van der Waals surface area contributed by atoms with E-state index in [1.54, 1.807) is 24.7 Å². The van der Waals surface area contributed by atoms with Crippen LogP contribution < -0.4 is 5.32 Å². The number of benzene rings is 1. The number of hydrogen-bond acceptors (Lipinski definition) is 5. The van der Waals surface area contributed by atoms with Crippen molar-refractivity contribution in [2.75, 3.05) is 18.4 Å². The zero-order valence-corrected chi connectivity index (χ0v) is 18.5. The molecule has 2 aromatic heterocycles. The smallest absolute Gasteiger partial charge is 0.254 e. The molecule has 1 saturated heterocycles. The van der Waals surface area contributed by atoms with Crippen molar-refractivity contribution in [3.8, 4) is 11.4 Å². The molecule has 1 unspecified atom stereocenters. The molecular formula is C24H26ClN5O. The van der Waals surface area contributed by atoms with E-state index in [1.165, 1.54) is 0 Å². The van der Waals surface area contributed by atoms with E-state index in [-0.39, 0.29) is 11.9 Å². The predicted molar refractivity (Wildman–Crippen MR) is 123 cm³/mol. The van der Waals surface area contributed by atoms with Crippen LogP contribution in [0.4, 0.5) is 5.82 Å². The lowest BCUT2D eigenvalue weighted by atomic mass is 9.89. The molecule has 6 nitrogen and oxygen atoms in total. The fraction of sp³-hybridized carbons (Fsp3) is 0.333. The minimum Gasteiger partial charge on any atom is -0.368 e. The summed E-state index contributed by atoms with van der Waals surface area (Å²) in [5, 5.41) is 3.98. The Morgan fingerprint density at radius 1 is 1.19 bits per heavy atom. The van der Waals surface area contributed by atoms with Crippen molar-refractivity contribution in [3.63, 3.8) is 0 Å². The van der Waals surface area contributed by atoms with Crippen LogP contribution in [0.5, 0.6) is 0 Å². The maximum absolute atomic E-state index is 13.8. The van der Waals surface area contributed by atoms with Gasteiger partial charge < -0.3 is 10.2 Å². The Morgan fingerprint density at radius 3 is 2.74 bits per heavy atom. The number of amides is 1. The van der Waals surface area contributed by atoms with Crippen molar-refractivity contribution >= 4 is 23.3 Å². The maximum atomic E-state index is 13.8. The van der Waals surface area contributed by atoms with Crippen LogP contribution in [-0.4, -0.2) is 44.9 Å². The third kappa shape index (κ3) is 4.85. The van der Waals surface area contributed by atoms with Crippen LogP contribution in [0.25, 0.3) is 11.4 Å². The van der Waals surface area contributed by atoms with Gasteiger partial charge in [0.1, 0.15) is 5.82 Å². The van der Waals surface area contributed by atoms with Gasteiger partial charge in [0.05, 0.1) is 16.6 Å². The molecule has 160 valence electrons. The minimum absolute atomic E-state index is 0.0218. The highest BCUT2D eigenvalue weighted by Crippen LogP contribution is 2.29. The van der Waals surface area contributed by atoms with E-state index in [1.807, 2.05) is 42.2 Å². The van der Waals surface area contributed by atoms with Crippen LogP contribution in [0.1, 0.15) is 35.7 Å². The van der Waals surface area contributed by atoms with Crippen LogP contribution in [0.2, 0.25) is 5.02 Å². The molecule has 1 aromatic carbocycles. The molecule has 0 radical (unpaired) electrons. The summed E-state index contributed by atoms with van der Waals surface area (Å²) in [5.41, 5.74) is 2.45. The number of nitrogens with one attached hydrogen (secondary N) is 1. The van der Waals surface area contributed by atoms with Gasteiger partial charge in [-0.05, 0) is 49.9 Å². The summed E-state index contributed by atoms with van der Waals surface area (Å²) in [4.78, 5) is 28.8. The van der Waals surface area contributed by atoms with E-state index in [0.29, 0.717) is 28.9 Å². The van der Waals surface area contributed by atoms with E-state index in [4.69, 9.17) is 11.6 Å². The number of carbonyl (C=O) groups excluding carboxylic acids is 1. The van der Waals surface area contributed by atoms with E-state index >= 15 is 0 Å². The summed E-state index contributed by atoms with van der Waals surface area (Å²) in [5.74, 6) is 1.71. The zero-order valence-electron chi connectivity index (χ0n) is 17.8. The van der Waals surface area contributed by atoms with Crippen molar-refractivity contribution in [3.05, 3.63) is 71.1 Å². The number of aromatic nitrogens is 3. The molecule has 1 aliphatic heterocycles. The number of hydrogen-bond donors (Lipinski definition) is 1. The summed E-state index contributed by atoms with van der Waals surface area (Å²) < 4.78 is 0. The highest BCUT2D eigenvalue weighted by Gasteiger charge is 2.33. The lowest BCUT2D eigenvalue weighted by Gasteiger charge is -2.40. The predicted octanol–water partition coefficient (Wildman–Crippen LogP) is 4.85. The van der Waals surface area contributed by atoms with Crippen LogP contribution in [0.3, 0.4) is 0 Å². The Balaban J connectivity index is 1.61. The second-order valence-corrected chi connectivity index (χ2v) is 8.49. The van der Waals surface area contributed by atoms with E-state index in [2.05, 4.69) is 27.2 Å². The Kier molecular flexibility index (Phi) is 6.47.